The van der Waals surface area contributed by atoms with Crippen LogP contribution in [0.2, 0.25) is 0 Å². The molecule has 11 rings (SSSR count). The summed E-state index contributed by atoms with van der Waals surface area (Å²) in [6, 6.07) is 78.1. The van der Waals surface area contributed by atoms with Gasteiger partial charge in [-0.15, -0.1) is 0 Å². The molecule has 0 unspecified atom stereocenters. The summed E-state index contributed by atoms with van der Waals surface area (Å²) in [5.74, 6) is 0. The van der Waals surface area contributed by atoms with E-state index in [4.69, 9.17) is 4.42 Å². The van der Waals surface area contributed by atoms with Crippen molar-refractivity contribution in [3.8, 4) is 39.1 Å². The number of anilines is 3. The molecule has 0 atom stereocenters. The van der Waals surface area contributed by atoms with E-state index in [1.54, 1.807) is 0 Å². The number of para-hydroxylation sites is 4. The lowest BCUT2D eigenvalue weighted by atomic mass is 9.91. The van der Waals surface area contributed by atoms with Crippen molar-refractivity contribution >= 4 is 60.8 Å². The fourth-order valence-corrected chi connectivity index (χ4v) is 8.62. The van der Waals surface area contributed by atoms with Crippen LogP contribution in [0.15, 0.2) is 223 Å². The van der Waals surface area contributed by atoms with Crippen LogP contribution in [0.1, 0.15) is 0 Å². The third kappa shape index (κ3) is 5.51. The molecule has 9 aromatic carbocycles. The highest BCUT2D eigenvalue weighted by Crippen LogP contribution is 2.48. The average molecular weight is 729 g/mol. The van der Waals surface area contributed by atoms with Gasteiger partial charge in [0, 0.05) is 38.5 Å². The van der Waals surface area contributed by atoms with Crippen molar-refractivity contribution in [3.63, 3.8) is 0 Å². The molecule has 268 valence electrons. The van der Waals surface area contributed by atoms with E-state index in [1.807, 2.05) is 6.07 Å². The second-order valence-electron chi connectivity index (χ2n) is 14.5. The van der Waals surface area contributed by atoms with E-state index in [-0.39, 0.29) is 0 Å². The van der Waals surface area contributed by atoms with Crippen molar-refractivity contribution in [2.24, 2.45) is 0 Å². The molecule has 0 radical (unpaired) electrons. The Hall–Kier alpha value is -7.62. The van der Waals surface area contributed by atoms with Gasteiger partial charge in [-0.25, -0.2) is 0 Å². The van der Waals surface area contributed by atoms with Crippen LogP contribution in [0, 0.1) is 0 Å². The summed E-state index contributed by atoms with van der Waals surface area (Å²) in [6.07, 6.45) is 0. The van der Waals surface area contributed by atoms with E-state index in [0.29, 0.717) is 0 Å². The van der Waals surface area contributed by atoms with Crippen LogP contribution >= 0.6 is 0 Å². The van der Waals surface area contributed by atoms with Crippen molar-refractivity contribution in [2.75, 3.05) is 4.90 Å². The van der Waals surface area contributed by atoms with Gasteiger partial charge in [-0.05, 0) is 82.4 Å². The SMILES string of the molecule is c1ccc(-c2ccccc2-c2ccc(N(c3ccc4c5ccccc5n(-c5ccccc5)c4c3)c3cccc4c3oc3ccccc34)c(-c3ccccc3)c2)cc1. The van der Waals surface area contributed by atoms with Crippen LogP contribution < -0.4 is 4.90 Å². The Morgan fingerprint density at radius 2 is 0.947 bits per heavy atom. The van der Waals surface area contributed by atoms with Crippen LogP contribution in [0.25, 0.3) is 82.8 Å². The molecular weight excluding hydrogens is 693 g/mol. The fraction of sp³-hybridized carbons (Fsp3) is 0. The molecule has 11 aromatic rings. The van der Waals surface area contributed by atoms with Gasteiger partial charge in [0.05, 0.1) is 22.4 Å². The molecular formula is C54H36N2O. The van der Waals surface area contributed by atoms with Gasteiger partial charge in [0.15, 0.2) is 5.58 Å². The molecule has 2 aromatic heterocycles. The third-order valence-corrected chi connectivity index (χ3v) is 11.2. The van der Waals surface area contributed by atoms with E-state index in [2.05, 4.69) is 222 Å². The molecule has 3 nitrogen and oxygen atoms in total. The summed E-state index contributed by atoms with van der Waals surface area (Å²) in [7, 11) is 0. The summed E-state index contributed by atoms with van der Waals surface area (Å²) in [5.41, 5.74) is 15.2. The average Bonchev–Trinajstić information content (AvgIpc) is 3.84. The lowest BCUT2D eigenvalue weighted by molar-refractivity contribution is 0.669. The summed E-state index contributed by atoms with van der Waals surface area (Å²) in [6.45, 7) is 0. The molecule has 0 aliphatic rings. The summed E-state index contributed by atoms with van der Waals surface area (Å²) >= 11 is 0. The zero-order chi connectivity index (χ0) is 37.7. The fourth-order valence-electron chi connectivity index (χ4n) is 8.62. The number of rotatable bonds is 7. The minimum Gasteiger partial charge on any atom is -0.454 e. The maximum Gasteiger partial charge on any atom is 0.159 e. The quantitative estimate of drug-likeness (QED) is 0.163. The van der Waals surface area contributed by atoms with Crippen molar-refractivity contribution in [3.05, 3.63) is 218 Å². The number of fused-ring (bicyclic) bond motifs is 6. The molecule has 0 N–H and O–H groups in total. The van der Waals surface area contributed by atoms with Crippen LogP contribution in [0.5, 0.6) is 0 Å². The van der Waals surface area contributed by atoms with Gasteiger partial charge in [-0.1, -0.05) is 164 Å². The van der Waals surface area contributed by atoms with Gasteiger partial charge in [0.25, 0.3) is 0 Å². The van der Waals surface area contributed by atoms with Crippen LogP contribution in [0.4, 0.5) is 17.1 Å². The summed E-state index contributed by atoms with van der Waals surface area (Å²) in [4.78, 5) is 2.40. The Bertz CT molecular complexity index is 3230. The first-order valence-corrected chi connectivity index (χ1v) is 19.4. The number of benzene rings is 9. The van der Waals surface area contributed by atoms with Gasteiger partial charge < -0.3 is 13.9 Å². The topological polar surface area (TPSA) is 21.3 Å². The number of furan rings is 1. The Kier molecular flexibility index (Phi) is 7.82. The van der Waals surface area contributed by atoms with Gasteiger partial charge in [0.1, 0.15) is 5.58 Å². The first kappa shape index (κ1) is 32.8. The second-order valence-corrected chi connectivity index (χ2v) is 14.5. The lowest BCUT2D eigenvalue weighted by Crippen LogP contribution is -2.12. The maximum atomic E-state index is 6.79. The van der Waals surface area contributed by atoms with Gasteiger partial charge >= 0.3 is 0 Å². The number of aromatic nitrogens is 1. The molecule has 2 heterocycles. The normalized spacial score (nSPS) is 11.5. The van der Waals surface area contributed by atoms with E-state index in [1.165, 1.54) is 33.0 Å². The second kappa shape index (κ2) is 13.6. The van der Waals surface area contributed by atoms with Crippen LogP contribution in [-0.2, 0) is 0 Å². The van der Waals surface area contributed by atoms with Crippen LogP contribution in [0.3, 0.4) is 0 Å². The van der Waals surface area contributed by atoms with Crippen molar-refractivity contribution in [2.45, 2.75) is 0 Å². The Morgan fingerprint density at radius 1 is 0.351 bits per heavy atom. The molecule has 57 heavy (non-hydrogen) atoms. The summed E-state index contributed by atoms with van der Waals surface area (Å²) < 4.78 is 9.18. The highest BCUT2D eigenvalue weighted by Gasteiger charge is 2.24. The number of nitrogens with zero attached hydrogens (tertiary/aromatic N) is 2. The first-order chi connectivity index (χ1) is 28.3. The zero-order valence-electron chi connectivity index (χ0n) is 31.1. The van der Waals surface area contributed by atoms with Crippen molar-refractivity contribution < 1.29 is 4.42 Å². The number of hydrogen-bond donors (Lipinski definition) is 0. The van der Waals surface area contributed by atoms with Crippen molar-refractivity contribution in [1.82, 2.24) is 4.57 Å². The molecule has 0 bridgehead atoms. The van der Waals surface area contributed by atoms with Crippen molar-refractivity contribution in [1.29, 1.82) is 0 Å². The third-order valence-electron chi connectivity index (χ3n) is 11.2. The highest BCUT2D eigenvalue weighted by atomic mass is 16.3. The molecule has 0 spiro atoms. The van der Waals surface area contributed by atoms with Gasteiger partial charge in [-0.3, -0.25) is 0 Å². The molecule has 0 fully saturated rings. The zero-order valence-corrected chi connectivity index (χ0v) is 31.1. The van der Waals surface area contributed by atoms with E-state index in [9.17, 15) is 0 Å². The van der Waals surface area contributed by atoms with E-state index in [0.717, 1.165) is 66.9 Å². The molecule has 0 aliphatic heterocycles. The monoisotopic (exact) mass is 728 g/mol. The van der Waals surface area contributed by atoms with Crippen LogP contribution in [-0.4, -0.2) is 4.57 Å². The largest absolute Gasteiger partial charge is 0.454 e. The first-order valence-electron chi connectivity index (χ1n) is 19.4. The Labute approximate surface area is 330 Å². The maximum absolute atomic E-state index is 6.79. The minimum absolute atomic E-state index is 0.847. The van der Waals surface area contributed by atoms with E-state index >= 15 is 0 Å². The predicted molar refractivity (Wildman–Crippen MR) is 239 cm³/mol. The van der Waals surface area contributed by atoms with E-state index < -0.39 is 0 Å². The number of hydrogen-bond acceptors (Lipinski definition) is 2. The predicted octanol–water partition coefficient (Wildman–Crippen LogP) is 15.2. The van der Waals surface area contributed by atoms with Gasteiger partial charge in [0.2, 0.25) is 0 Å². The molecule has 0 aliphatic carbocycles. The highest BCUT2D eigenvalue weighted by molar-refractivity contribution is 6.13. The molecule has 0 saturated heterocycles. The Balaban J connectivity index is 1.21. The Morgan fingerprint density at radius 3 is 1.72 bits per heavy atom. The summed E-state index contributed by atoms with van der Waals surface area (Å²) in [5, 5.41) is 4.61. The lowest BCUT2D eigenvalue weighted by Gasteiger charge is -2.29. The smallest absolute Gasteiger partial charge is 0.159 e. The standard InChI is InChI=1S/C54H36N2O/c1-4-17-37(18-5-1)42-23-10-11-24-43(42)39-31-34-50(48(35-39)38-19-6-2-7-20-38)56(51-29-16-27-47-46-26-13-15-30-53(46)57-54(47)51)41-32-33-45-44-25-12-14-28-49(44)55(52(45)36-41)40-21-8-3-9-22-40/h1-36H. The molecule has 0 saturated carbocycles. The molecule has 3 heteroatoms. The minimum atomic E-state index is 0.847. The van der Waals surface area contributed by atoms with Gasteiger partial charge in [-0.2, -0.15) is 0 Å². The molecule has 0 amide bonds.